The minimum absolute atomic E-state index is 0.0588. The minimum atomic E-state index is -2.55. The molecule has 2 aromatic carbocycles. The summed E-state index contributed by atoms with van der Waals surface area (Å²) in [5.41, 5.74) is 4.71. The van der Waals surface area contributed by atoms with Crippen molar-refractivity contribution < 1.29 is 22.7 Å². The molecule has 2 fully saturated rings. The largest absolute Gasteiger partial charge is 0.493 e. The first-order chi connectivity index (χ1) is 16.3. The predicted molar refractivity (Wildman–Crippen MR) is 123 cm³/mol. The topological polar surface area (TPSA) is 41.6 Å². The van der Waals surface area contributed by atoms with Gasteiger partial charge in [-0.1, -0.05) is 30.3 Å². The van der Waals surface area contributed by atoms with Gasteiger partial charge in [-0.15, -0.1) is 0 Å². The zero-order chi connectivity index (χ0) is 23.9. The molecule has 0 spiro atoms. The van der Waals surface area contributed by atoms with Gasteiger partial charge in [-0.05, 0) is 60.6 Å². The van der Waals surface area contributed by atoms with Gasteiger partial charge in [0, 0.05) is 32.0 Å². The first-order valence-corrected chi connectivity index (χ1v) is 12.1. The smallest absolute Gasteiger partial charge is 0.255 e. The highest BCUT2D eigenvalue weighted by molar-refractivity contribution is 5.80. The van der Waals surface area contributed by atoms with Gasteiger partial charge in [-0.3, -0.25) is 9.69 Å². The third-order valence-corrected chi connectivity index (χ3v) is 7.37. The first-order valence-electron chi connectivity index (χ1n) is 12.1. The van der Waals surface area contributed by atoms with Crippen LogP contribution >= 0.6 is 0 Å². The fourth-order valence-corrected chi connectivity index (χ4v) is 4.81. The number of hydrogen-bond donors (Lipinski definition) is 1. The molecule has 2 atom stereocenters. The second-order valence-corrected chi connectivity index (χ2v) is 10.1. The summed E-state index contributed by atoms with van der Waals surface area (Å²) in [5.74, 6) is -2.76. The maximum absolute atomic E-state index is 13.0. The van der Waals surface area contributed by atoms with Crippen LogP contribution in [0.1, 0.15) is 54.5 Å². The number of nitrogens with zero attached hydrogens (tertiary/aromatic N) is 1. The van der Waals surface area contributed by atoms with E-state index in [1.807, 2.05) is 37.3 Å². The van der Waals surface area contributed by atoms with Gasteiger partial charge >= 0.3 is 0 Å². The van der Waals surface area contributed by atoms with Crippen molar-refractivity contribution in [1.82, 2.24) is 10.2 Å². The zero-order valence-corrected chi connectivity index (χ0v) is 19.4. The number of carbonyl (C=O) groups excluding carboxylic acids is 1. The molecular formula is C27H31F3N2O2. The van der Waals surface area contributed by atoms with Crippen LogP contribution in [-0.2, 0) is 24.3 Å². The minimum Gasteiger partial charge on any atom is -0.493 e. The van der Waals surface area contributed by atoms with E-state index in [1.54, 1.807) is 0 Å². The van der Waals surface area contributed by atoms with Crippen LogP contribution in [0.3, 0.4) is 0 Å². The summed E-state index contributed by atoms with van der Waals surface area (Å²) in [5, 5.41) is 2.99. The molecule has 182 valence electrons. The number of carbonyl (C=O) groups is 1. The van der Waals surface area contributed by atoms with Crippen molar-refractivity contribution in [3.05, 3.63) is 64.7 Å². The molecule has 0 aromatic heterocycles. The molecule has 1 unspecified atom stereocenters. The number of ether oxygens (including phenoxy) is 1. The van der Waals surface area contributed by atoms with E-state index in [-0.39, 0.29) is 30.9 Å². The Morgan fingerprint density at radius 1 is 1.18 bits per heavy atom. The van der Waals surface area contributed by atoms with E-state index in [0.29, 0.717) is 18.6 Å². The molecule has 0 radical (unpaired) electrons. The molecule has 1 heterocycles. The van der Waals surface area contributed by atoms with Crippen LogP contribution < -0.4 is 10.1 Å². The standard InChI is InChI=1S/C27H31F3N2O2/c1-17(31-26(33)22-10-24(28)11-22)19-4-2-18(3-5-19)14-32-9-8-20-12-25(7-6-21(20)15-32)34-16-23-13-27(23,29)30/h2-7,12,17,22-24H,8-11,13-16H2,1H3,(H,31,33)/t17-,22-,23?,24-/m0/s1. The van der Waals surface area contributed by atoms with Crippen molar-refractivity contribution in [1.29, 1.82) is 0 Å². The average Bonchev–Trinajstić information content (AvgIpc) is 3.42. The van der Waals surface area contributed by atoms with Gasteiger partial charge in [0.25, 0.3) is 5.92 Å². The van der Waals surface area contributed by atoms with Crippen LogP contribution in [0, 0.1) is 11.8 Å². The molecule has 4 nitrogen and oxygen atoms in total. The lowest BCUT2D eigenvalue weighted by Gasteiger charge is -2.30. The van der Waals surface area contributed by atoms with Crippen molar-refractivity contribution in [2.24, 2.45) is 11.8 Å². The number of fused-ring (bicyclic) bond motifs is 1. The summed E-state index contributed by atoms with van der Waals surface area (Å²) in [6.45, 7) is 4.61. The molecular weight excluding hydrogens is 441 g/mol. The highest BCUT2D eigenvalue weighted by Gasteiger charge is 2.57. The first kappa shape index (κ1) is 23.2. The summed E-state index contributed by atoms with van der Waals surface area (Å²) in [7, 11) is 0. The SMILES string of the molecule is C[C@H](NC(=O)[C@H]1C[C@H](F)C1)c1ccc(CN2CCc3cc(OCC4CC4(F)F)ccc3C2)cc1. The molecule has 0 saturated heterocycles. The van der Waals surface area contributed by atoms with Gasteiger partial charge in [0.15, 0.2) is 0 Å². The van der Waals surface area contributed by atoms with Crippen LogP contribution in [0.4, 0.5) is 13.2 Å². The monoisotopic (exact) mass is 472 g/mol. The molecule has 34 heavy (non-hydrogen) atoms. The number of hydrogen-bond acceptors (Lipinski definition) is 3. The van der Waals surface area contributed by atoms with Crippen LogP contribution in [0.15, 0.2) is 42.5 Å². The molecule has 1 aliphatic heterocycles. The molecule has 2 saturated carbocycles. The Morgan fingerprint density at radius 2 is 1.91 bits per heavy atom. The Morgan fingerprint density at radius 3 is 2.59 bits per heavy atom. The van der Waals surface area contributed by atoms with Crippen molar-refractivity contribution in [2.45, 2.75) is 63.8 Å². The molecule has 1 amide bonds. The molecule has 2 aliphatic carbocycles. The summed E-state index contributed by atoms with van der Waals surface area (Å²) < 4.78 is 44.7. The van der Waals surface area contributed by atoms with Crippen LogP contribution in [0.25, 0.3) is 0 Å². The number of rotatable bonds is 8. The van der Waals surface area contributed by atoms with E-state index >= 15 is 0 Å². The Kier molecular flexibility index (Phi) is 6.32. The second kappa shape index (κ2) is 9.25. The van der Waals surface area contributed by atoms with E-state index in [1.165, 1.54) is 16.7 Å². The fourth-order valence-electron chi connectivity index (χ4n) is 4.81. The maximum Gasteiger partial charge on any atom is 0.255 e. The second-order valence-electron chi connectivity index (χ2n) is 10.1. The molecule has 5 rings (SSSR count). The Labute approximate surface area is 198 Å². The maximum atomic E-state index is 13.0. The number of amides is 1. The lowest BCUT2D eigenvalue weighted by Crippen LogP contribution is -2.40. The number of alkyl halides is 3. The van der Waals surface area contributed by atoms with Crippen molar-refractivity contribution in [3.63, 3.8) is 0 Å². The number of halogens is 3. The number of benzene rings is 2. The van der Waals surface area contributed by atoms with Crippen LogP contribution in [0.2, 0.25) is 0 Å². The molecule has 7 heteroatoms. The number of nitrogens with one attached hydrogen (secondary N) is 1. The van der Waals surface area contributed by atoms with Gasteiger partial charge < -0.3 is 10.1 Å². The summed E-state index contributed by atoms with van der Waals surface area (Å²) in [6, 6.07) is 14.1. The predicted octanol–water partition coefficient (Wildman–Crippen LogP) is 5.20. The van der Waals surface area contributed by atoms with Crippen LogP contribution in [-0.4, -0.2) is 36.1 Å². The normalized spacial score (nSPS) is 26.2. The summed E-state index contributed by atoms with van der Waals surface area (Å²) in [6.07, 6.45) is 0.677. The molecule has 0 bridgehead atoms. The van der Waals surface area contributed by atoms with E-state index in [2.05, 4.69) is 22.3 Å². The highest BCUT2D eigenvalue weighted by atomic mass is 19.3. The molecule has 3 aliphatic rings. The Hall–Kier alpha value is -2.54. The fraction of sp³-hybridized carbons (Fsp3) is 0.519. The van der Waals surface area contributed by atoms with E-state index in [4.69, 9.17) is 4.74 Å². The van der Waals surface area contributed by atoms with Crippen molar-refractivity contribution >= 4 is 5.91 Å². The van der Waals surface area contributed by atoms with Crippen LogP contribution in [0.5, 0.6) is 5.75 Å². The van der Waals surface area contributed by atoms with Crippen molar-refractivity contribution in [3.8, 4) is 5.75 Å². The van der Waals surface area contributed by atoms with Gasteiger partial charge in [-0.25, -0.2) is 13.2 Å². The quantitative estimate of drug-likeness (QED) is 0.574. The van der Waals surface area contributed by atoms with E-state index < -0.39 is 18.0 Å². The van der Waals surface area contributed by atoms with Gasteiger partial charge in [0.2, 0.25) is 5.91 Å². The molecule has 2 aromatic rings. The van der Waals surface area contributed by atoms with Gasteiger partial charge in [0.1, 0.15) is 11.9 Å². The third kappa shape index (κ3) is 5.24. The van der Waals surface area contributed by atoms with E-state index in [0.717, 1.165) is 31.6 Å². The molecule has 1 N–H and O–H groups in total. The third-order valence-electron chi connectivity index (χ3n) is 7.37. The summed E-state index contributed by atoms with van der Waals surface area (Å²) >= 11 is 0. The lowest BCUT2D eigenvalue weighted by molar-refractivity contribution is -0.130. The summed E-state index contributed by atoms with van der Waals surface area (Å²) in [4.78, 5) is 14.6. The Bertz CT molecular complexity index is 1040. The highest BCUT2D eigenvalue weighted by Crippen LogP contribution is 2.48. The zero-order valence-electron chi connectivity index (χ0n) is 19.4. The Balaban J connectivity index is 1.11. The average molecular weight is 473 g/mol. The van der Waals surface area contributed by atoms with Gasteiger partial charge in [0.05, 0.1) is 18.6 Å². The lowest BCUT2D eigenvalue weighted by atomic mass is 9.82. The van der Waals surface area contributed by atoms with E-state index in [9.17, 15) is 18.0 Å². The van der Waals surface area contributed by atoms with Crippen molar-refractivity contribution in [2.75, 3.05) is 13.2 Å². The van der Waals surface area contributed by atoms with Gasteiger partial charge in [-0.2, -0.15) is 0 Å².